The van der Waals surface area contributed by atoms with E-state index in [9.17, 15) is 4.39 Å². The van der Waals surface area contributed by atoms with Crippen molar-refractivity contribution in [1.82, 2.24) is 4.98 Å². The SMILES string of the molecule is Cc1ccc(F)c(OC2CC2)n1. The van der Waals surface area contributed by atoms with E-state index in [2.05, 4.69) is 4.98 Å². The van der Waals surface area contributed by atoms with Crippen LogP contribution in [0.2, 0.25) is 0 Å². The van der Waals surface area contributed by atoms with Crippen LogP contribution in [0.5, 0.6) is 5.88 Å². The van der Waals surface area contributed by atoms with Crippen molar-refractivity contribution in [3.8, 4) is 5.88 Å². The molecule has 64 valence electrons. The summed E-state index contributed by atoms with van der Waals surface area (Å²) in [7, 11) is 0. The summed E-state index contributed by atoms with van der Waals surface area (Å²) in [5, 5.41) is 0. The average molecular weight is 167 g/mol. The molecule has 1 fully saturated rings. The van der Waals surface area contributed by atoms with Gasteiger partial charge in [0.2, 0.25) is 0 Å². The molecule has 0 bridgehead atoms. The molecule has 0 aromatic carbocycles. The van der Waals surface area contributed by atoms with Gasteiger partial charge in [-0.05, 0) is 31.9 Å². The van der Waals surface area contributed by atoms with Crippen molar-refractivity contribution in [3.05, 3.63) is 23.6 Å². The monoisotopic (exact) mass is 167 g/mol. The Hall–Kier alpha value is -1.12. The number of hydrogen-bond acceptors (Lipinski definition) is 2. The van der Waals surface area contributed by atoms with Crippen LogP contribution in [0, 0.1) is 12.7 Å². The number of hydrogen-bond donors (Lipinski definition) is 0. The second-order valence-corrected chi connectivity index (χ2v) is 3.06. The maximum Gasteiger partial charge on any atom is 0.250 e. The third-order valence-corrected chi connectivity index (χ3v) is 1.76. The fraction of sp³-hybridized carbons (Fsp3) is 0.444. The first kappa shape index (κ1) is 7.53. The van der Waals surface area contributed by atoms with Crippen LogP contribution in [-0.4, -0.2) is 11.1 Å². The van der Waals surface area contributed by atoms with Crippen LogP contribution in [0.15, 0.2) is 12.1 Å². The van der Waals surface area contributed by atoms with Crippen LogP contribution in [0.25, 0.3) is 0 Å². The highest BCUT2D eigenvalue weighted by Gasteiger charge is 2.25. The fourth-order valence-corrected chi connectivity index (χ4v) is 0.942. The van der Waals surface area contributed by atoms with Crippen LogP contribution in [-0.2, 0) is 0 Å². The van der Waals surface area contributed by atoms with Gasteiger partial charge in [0.25, 0.3) is 5.88 Å². The molecule has 1 aromatic rings. The summed E-state index contributed by atoms with van der Waals surface area (Å²) in [6.45, 7) is 1.82. The van der Waals surface area contributed by atoms with Crippen LogP contribution in [0.4, 0.5) is 4.39 Å². The molecule has 1 saturated carbocycles. The number of aromatic nitrogens is 1. The Kier molecular flexibility index (Phi) is 1.71. The molecule has 0 aliphatic heterocycles. The maximum absolute atomic E-state index is 13.0. The first-order chi connectivity index (χ1) is 5.75. The first-order valence-electron chi connectivity index (χ1n) is 4.05. The van der Waals surface area contributed by atoms with Gasteiger partial charge >= 0.3 is 0 Å². The summed E-state index contributed by atoms with van der Waals surface area (Å²) >= 11 is 0. The Bertz CT molecular complexity index is 297. The van der Waals surface area contributed by atoms with Crippen molar-refractivity contribution >= 4 is 0 Å². The number of pyridine rings is 1. The third kappa shape index (κ3) is 1.55. The van der Waals surface area contributed by atoms with Gasteiger partial charge in [0, 0.05) is 5.69 Å². The molecule has 1 aliphatic rings. The van der Waals surface area contributed by atoms with Crippen molar-refractivity contribution in [3.63, 3.8) is 0 Å². The molecule has 1 heterocycles. The zero-order chi connectivity index (χ0) is 8.55. The quantitative estimate of drug-likeness (QED) is 0.672. The van der Waals surface area contributed by atoms with Gasteiger partial charge in [-0.25, -0.2) is 9.37 Å². The molecular formula is C9H10FNO. The molecule has 3 heteroatoms. The Morgan fingerprint density at radius 3 is 2.92 bits per heavy atom. The molecule has 2 rings (SSSR count). The molecule has 0 amide bonds. The number of nitrogens with zero attached hydrogens (tertiary/aromatic N) is 1. The van der Waals surface area contributed by atoms with Crippen LogP contribution in [0.3, 0.4) is 0 Å². The van der Waals surface area contributed by atoms with Crippen LogP contribution in [0.1, 0.15) is 18.5 Å². The highest BCUT2D eigenvalue weighted by Crippen LogP contribution is 2.26. The van der Waals surface area contributed by atoms with Gasteiger partial charge in [-0.1, -0.05) is 0 Å². The lowest BCUT2D eigenvalue weighted by Gasteiger charge is -2.04. The Morgan fingerprint density at radius 2 is 2.25 bits per heavy atom. The predicted molar refractivity (Wildman–Crippen MR) is 42.6 cm³/mol. The highest BCUT2D eigenvalue weighted by atomic mass is 19.1. The number of ether oxygens (including phenoxy) is 1. The Balaban J connectivity index is 2.21. The van der Waals surface area contributed by atoms with E-state index in [0.29, 0.717) is 0 Å². The van der Waals surface area contributed by atoms with Crippen molar-refractivity contribution in [2.24, 2.45) is 0 Å². The second-order valence-electron chi connectivity index (χ2n) is 3.06. The summed E-state index contributed by atoms with van der Waals surface area (Å²) < 4.78 is 18.2. The lowest BCUT2D eigenvalue weighted by molar-refractivity contribution is 0.274. The first-order valence-corrected chi connectivity index (χ1v) is 4.05. The molecule has 0 radical (unpaired) electrons. The number of rotatable bonds is 2. The van der Waals surface area contributed by atoms with Gasteiger partial charge < -0.3 is 4.74 Å². The van der Waals surface area contributed by atoms with Crippen molar-refractivity contribution in [2.45, 2.75) is 25.9 Å². The van der Waals surface area contributed by atoms with E-state index >= 15 is 0 Å². The zero-order valence-corrected chi connectivity index (χ0v) is 6.88. The van der Waals surface area contributed by atoms with E-state index in [0.717, 1.165) is 18.5 Å². The summed E-state index contributed by atoms with van der Waals surface area (Å²) in [4.78, 5) is 3.96. The molecule has 2 nitrogen and oxygen atoms in total. The molecule has 12 heavy (non-hydrogen) atoms. The van der Waals surface area contributed by atoms with E-state index in [-0.39, 0.29) is 17.8 Å². The average Bonchev–Trinajstić information content (AvgIpc) is 2.81. The molecule has 1 aromatic heterocycles. The molecule has 0 spiro atoms. The topological polar surface area (TPSA) is 22.1 Å². The standard InChI is InChI=1S/C9H10FNO/c1-6-2-5-8(10)9(11-6)12-7-3-4-7/h2,5,7H,3-4H2,1H3. The van der Waals surface area contributed by atoms with E-state index in [1.807, 2.05) is 6.92 Å². The van der Waals surface area contributed by atoms with Crippen molar-refractivity contribution in [2.75, 3.05) is 0 Å². The molecule has 0 saturated heterocycles. The minimum atomic E-state index is -0.368. The summed E-state index contributed by atoms with van der Waals surface area (Å²) in [5.41, 5.74) is 0.784. The fourth-order valence-electron chi connectivity index (χ4n) is 0.942. The highest BCUT2D eigenvalue weighted by molar-refractivity contribution is 5.18. The van der Waals surface area contributed by atoms with Crippen molar-refractivity contribution < 1.29 is 9.13 Å². The van der Waals surface area contributed by atoms with Crippen LogP contribution < -0.4 is 4.74 Å². The largest absolute Gasteiger partial charge is 0.472 e. The van der Waals surface area contributed by atoms with E-state index in [4.69, 9.17) is 4.74 Å². The van der Waals surface area contributed by atoms with Gasteiger partial charge in [-0.15, -0.1) is 0 Å². The van der Waals surface area contributed by atoms with Gasteiger partial charge in [0.05, 0.1) is 0 Å². The minimum Gasteiger partial charge on any atom is -0.472 e. The summed E-state index contributed by atoms with van der Waals surface area (Å²) in [6, 6.07) is 3.02. The van der Waals surface area contributed by atoms with Crippen molar-refractivity contribution in [1.29, 1.82) is 0 Å². The van der Waals surface area contributed by atoms with Gasteiger partial charge in [-0.2, -0.15) is 0 Å². The summed E-state index contributed by atoms with van der Waals surface area (Å²) in [5.74, 6) is -0.218. The second kappa shape index (κ2) is 2.73. The maximum atomic E-state index is 13.0. The Labute approximate surface area is 70.4 Å². The summed E-state index contributed by atoms with van der Waals surface area (Å²) in [6.07, 6.45) is 2.25. The van der Waals surface area contributed by atoms with E-state index in [1.54, 1.807) is 6.07 Å². The molecule has 1 aliphatic carbocycles. The van der Waals surface area contributed by atoms with E-state index in [1.165, 1.54) is 6.07 Å². The minimum absolute atomic E-state index is 0.150. The number of aryl methyl sites for hydroxylation is 1. The predicted octanol–water partition coefficient (Wildman–Crippen LogP) is 2.07. The normalized spacial score (nSPS) is 16.2. The van der Waals surface area contributed by atoms with Gasteiger partial charge in [-0.3, -0.25) is 0 Å². The smallest absolute Gasteiger partial charge is 0.250 e. The molecule has 0 atom stereocenters. The Morgan fingerprint density at radius 1 is 1.50 bits per heavy atom. The molecule has 0 unspecified atom stereocenters. The van der Waals surface area contributed by atoms with Gasteiger partial charge in [0.1, 0.15) is 6.10 Å². The molecular weight excluding hydrogens is 157 g/mol. The van der Waals surface area contributed by atoms with E-state index < -0.39 is 0 Å². The number of halogens is 1. The van der Waals surface area contributed by atoms with Crippen LogP contribution >= 0.6 is 0 Å². The lowest BCUT2D eigenvalue weighted by atomic mass is 10.4. The zero-order valence-electron chi connectivity index (χ0n) is 6.88. The third-order valence-electron chi connectivity index (χ3n) is 1.76. The lowest BCUT2D eigenvalue weighted by Crippen LogP contribution is -2.01. The van der Waals surface area contributed by atoms with Gasteiger partial charge in [0.15, 0.2) is 5.82 Å². The molecule has 0 N–H and O–H groups in total.